The first-order chi connectivity index (χ1) is 8.59. The molecule has 0 spiro atoms. The predicted octanol–water partition coefficient (Wildman–Crippen LogP) is 2.74. The lowest BCUT2D eigenvalue weighted by Gasteiger charge is -2.25. The molecule has 0 bridgehead atoms. The molecule has 4 heteroatoms. The van der Waals surface area contributed by atoms with Gasteiger partial charge >= 0.3 is 0 Å². The van der Waals surface area contributed by atoms with Crippen molar-refractivity contribution in [2.45, 2.75) is 26.2 Å². The maximum absolute atomic E-state index is 13.8. The monoisotopic (exact) mass is 249 g/mol. The van der Waals surface area contributed by atoms with Gasteiger partial charge in [0.1, 0.15) is 11.7 Å². The zero-order valence-corrected chi connectivity index (χ0v) is 10.7. The summed E-state index contributed by atoms with van der Waals surface area (Å²) in [7, 11) is 0. The molecule has 1 unspecified atom stereocenters. The Hall–Kier alpha value is -1.58. The van der Waals surface area contributed by atoms with Crippen LogP contribution in [0.15, 0.2) is 18.2 Å². The Morgan fingerprint density at radius 3 is 2.89 bits per heavy atom. The van der Waals surface area contributed by atoms with E-state index >= 15 is 0 Å². The molecule has 1 aliphatic heterocycles. The summed E-state index contributed by atoms with van der Waals surface area (Å²) >= 11 is 0. The van der Waals surface area contributed by atoms with Crippen LogP contribution in [0.2, 0.25) is 0 Å². The third-order valence-corrected chi connectivity index (χ3v) is 3.62. The zero-order valence-electron chi connectivity index (χ0n) is 10.7. The molecule has 0 aliphatic carbocycles. The predicted molar refractivity (Wildman–Crippen MR) is 72.6 cm³/mol. The highest BCUT2D eigenvalue weighted by Gasteiger charge is 2.19. The summed E-state index contributed by atoms with van der Waals surface area (Å²) in [6.45, 7) is 4.07. The fourth-order valence-electron chi connectivity index (χ4n) is 2.55. The first-order valence-electron chi connectivity index (χ1n) is 6.47. The number of anilines is 1. The Morgan fingerprint density at radius 2 is 2.17 bits per heavy atom. The molecule has 1 saturated heterocycles. The summed E-state index contributed by atoms with van der Waals surface area (Å²) in [4.78, 5) is 2.16. The molecule has 0 amide bonds. The summed E-state index contributed by atoms with van der Waals surface area (Å²) in [5.74, 6) is 0.113. The average Bonchev–Trinajstić information content (AvgIpc) is 2.53. The molecule has 2 rings (SSSR count). The largest absolute Gasteiger partial charge is 0.384 e. The number of nitrogens with one attached hydrogen (secondary N) is 1. The van der Waals surface area contributed by atoms with E-state index in [1.54, 1.807) is 6.07 Å². The number of nitrogens with zero attached hydrogens (tertiary/aromatic N) is 1. The highest BCUT2D eigenvalue weighted by Crippen LogP contribution is 2.26. The van der Waals surface area contributed by atoms with E-state index in [0.29, 0.717) is 5.92 Å². The minimum Gasteiger partial charge on any atom is -0.384 e. The van der Waals surface area contributed by atoms with Gasteiger partial charge in [-0.2, -0.15) is 0 Å². The topological polar surface area (TPSA) is 53.1 Å². The summed E-state index contributed by atoms with van der Waals surface area (Å²) in [6.07, 6.45) is 3.42. The van der Waals surface area contributed by atoms with Crippen molar-refractivity contribution >= 4 is 11.5 Å². The van der Waals surface area contributed by atoms with E-state index in [1.165, 1.54) is 12.5 Å². The first-order valence-corrected chi connectivity index (χ1v) is 6.47. The Balaban J connectivity index is 2.32. The van der Waals surface area contributed by atoms with Gasteiger partial charge in [0.2, 0.25) is 0 Å². The van der Waals surface area contributed by atoms with Gasteiger partial charge in [0, 0.05) is 13.1 Å². The van der Waals surface area contributed by atoms with E-state index in [0.717, 1.165) is 31.6 Å². The molecule has 0 aromatic heterocycles. The van der Waals surface area contributed by atoms with Crippen LogP contribution in [0.4, 0.5) is 10.1 Å². The smallest absolute Gasteiger partial charge is 0.136 e. The Bertz CT molecular complexity index is 445. The van der Waals surface area contributed by atoms with Crippen molar-refractivity contribution in [2.75, 3.05) is 18.0 Å². The Labute approximate surface area is 107 Å². The number of amidine groups is 1. The second kappa shape index (κ2) is 5.38. The van der Waals surface area contributed by atoms with Gasteiger partial charge in [-0.1, -0.05) is 13.0 Å². The van der Waals surface area contributed by atoms with Gasteiger partial charge in [0.25, 0.3) is 0 Å². The van der Waals surface area contributed by atoms with Crippen molar-refractivity contribution in [1.82, 2.24) is 0 Å². The van der Waals surface area contributed by atoms with Crippen LogP contribution in [0.25, 0.3) is 0 Å². The second-order valence-electron chi connectivity index (χ2n) is 5.07. The summed E-state index contributed by atoms with van der Waals surface area (Å²) in [5.41, 5.74) is 6.51. The third-order valence-electron chi connectivity index (χ3n) is 3.62. The fourth-order valence-corrected chi connectivity index (χ4v) is 2.55. The van der Waals surface area contributed by atoms with Crippen molar-refractivity contribution in [3.05, 3.63) is 29.6 Å². The van der Waals surface area contributed by atoms with E-state index in [-0.39, 0.29) is 11.4 Å². The standard InChI is InChI=1S/C14H20FN3/c1-10-4-3-8-18(9-7-10)12-6-2-5-11(15)13(12)14(16)17/h2,5-6,10H,3-4,7-9H2,1H3,(H3,16,17). The van der Waals surface area contributed by atoms with Gasteiger partial charge in [-0.15, -0.1) is 0 Å². The minimum atomic E-state index is -0.405. The molecule has 1 fully saturated rings. The van der Waals surface area contributed by atoms with Gasteiger partial charge in [0.15, 0.2) is 0 Å². The SMILES string of the molecule is CC1CCCN(c2cccc(F)c2C(=N)N)CC1. The van der Waals surface area contributed by atoms with E-state index < -0.39 is 5.82 Å². The highest BCUT2D eigenvalue weighted by molar-refractivity contribution is 6.00. The van der Waals surface area contributed by atoms with Crippen LogP contribution < -0.4 is 10.6 Å². The molecular formula is C14H20FN3. The molecule has 1 aromatic carbocycles. The van der Waals surface area contributed by atoms with E-state index in [2.05, 4.69) is 11.8 Å². The Morgan fingerprint density at radius 1 is 1.39 bits per heavy atom. The Kier molecular flexibility index (Phi) is 3.84. The van der Waals surface area contributed by atoms with E-state index in [9.17, 15) is 4.39 Å². The van der Waals surface area contributed by atoms with Crippen molar-refractivity contribution in [3.8, 4) is 0 Å². The molecule has 0 saturated carbocycles. The third kappa shape index (κ3) is 2.63. The number of hydrogen-bond acceptors (Lipinski definition) is 2. The van der Waals surface area contributed by atoms with E-state index in [4.69, 9.17) is 11.1 Å². The first kappa shape index (κ1) is 12.9. The van der Waals surface area contributed by atoms with Crippen molar-refractivity contribution < 1.29 is 4.39 Å². The molecule has 1 aliphatic rings. The molecule has 1 aromatic rings. The fraction of sp³-hybridized carbons (Fsp3) is 0.500. The van der Waals surface area contributed by atoms with Crippen LogP contribution >= 0.6 is 0 Å². The van der Waals surface area contributed by atoms with Crippen molar-refractivity contribution in [2.24, 2.45) is 11.7 Å². The number of nitrogen functional groups attached to an aromatic ring is 1. The average molecular weight is 249 g/mol. The summed E-state index contributed by atoms with van der Waals surface area (Å²) in [5, 5.41) is 7.54. The molecule has 3 N–H and O–H groups in total. The van der Waals surface area contributed by atoms with Crippen LogP contribution in [0.1, 0.15) is 31.7 Å². The number of rotatable bonds is 2. The molecule has 3 nitrogen and oxygen atoms in total. The lowest BCUT2D eigenvalue weighted by Crippen LogP contribution is -2.28. The van der Waals surface area contributed by atoms with Crippen LogP contribution in [0.3, 0.4) is 0 Å². The van der Waals surface area contributed by atoms with Crippen LogP contribution in [0.5, 0.6) is 0 Å². The lowest BCUT2D eigenvalue weighted by atomic mass is 10.0. The summed E-state index contributed by atoms with van der Waals surface area (Å²) in [6, 6.07) is 4.90. The van der Waals surface area contributed by atoms with Gasteiger partial charge in [-0.05, 0) is 37.3 Å². The number of benzene rings is 1. The molecule has 0 radical (unpaired) electrons. The molecule has 98 valence electrons. The maximum atomic E-state index is 13.8. The molecule has 1 atom stereocenters. The molecule has 18 heavy (non-hydrogen) atoms. The van der Waals surface area contributed by atoms with Gasteiger partial charge in [-0.25, -0.2) is 4.39 Å². The van der Waals surface area contributed by atoms with Crippen LogP contribution in [-0.2, 0) is 0 Å². The maximum Gasteiger partial charge on any atom is 0.136 e. The van der Waals surface area contributed by atoms with Crippen molar-refractivity contribution in [1.29, 1.82) is 5.41 Å². The number of hydrogen-bond donors (Lipinski definition) is 2. The number of nitrogens with two attached hydrogens (primary N) is 1. The highest BCUT2D eigenvalue weighted by atomic mass is 19.1. The minimum absolute atomic E-state index is 0.194. The van der Waals surface area contributed by atoms with E-state index in [1.807, 2.05) is 6.07 Å². The quantitative estimate of drug-likeness (QED) is 0.625. The van der Waals surface area contributed by atoms with Gasteiger partial charge < -0.3 is 10.6 Å². The molecule has 1 heterocycles. The molecular weight excluding hydrogens is 229 g/mol. The van der Waals surface area contributed by atoms with Gasteiger partial charge in [0.05, 0.1) is 11.3 Å². The van der Waals surface area contributed by atoms with Crippen LogP contribution in [0, 0.1) is 17.1 Å². The van der Waals surface area contributed by atoms with Crippen molar-refractivity contribution in [3.63, 3.8) is 0 Å². The second-order valence-corrected chi connectivity index (χ2v) is 5.07. The summed E-state index contributed by atoms with van der Waals surface area (Å²) < 4.78 is 13.8. The van der Waals surface area contributed by atoms with Crippen LogP contribution in [-0.4, -0.2) is 18.9 Å². The normalized spacial score (nSPS) is 20.6. The number of halogens is 1. The lowest BCUT2D eigenvalue weighted by molar-refractivity contribution is 0.521. The van der Waals surface area contributed by atoms with Gasteiger partial charge in [-0.3, -0.25) is 5.41 Å². The zero-order chi connectivity index (χ0) is 13.1.